The summed E-state index contributed by atoms with van der Waals surface area (Å²) >= 11 is 5.81. The Kier molecular flexibility index (Phi) is 7.23. The average molecular weight is 480 g/mol. The summed E-state index contributed by atoms with van der Waals surface area (Å²) in [6.45, 7) is 0. The number of hydrogen-bond acceptors (Lipinski definition) is 5. The van der Waals surface area contributed by atoms with Crippen LogP contribution in [0.5, 0.6) is 11.5 Å². The Bertz CT molecular complexity index is 1160. The van der Waals surface area contributed by atoms with Crippen LogP contribution in [0, 0.1) is 0 Å². The van der Waals surface area contributed by atoms with Gasteiger partial charge in [-0.05, 0) is 42.5 Å². The van der Waals surface area contributed by atoms with Crippen molar-refractivity contribution in [2.24, 2.45) is 0 Å². The number of benzene rings is 2. The summed E-state index contributed by atoms with van der Waals surface area (Å²) in [7, 11) is 1.49. The van der Waals surface area contributed by atoms with E-state index in [0.29, 0.717) is 17.2 Å². The number of carbonyl (C=O) groups is 2. The first kappa shape index (κ1) is 23.7. The SMILES string of the molecule is CNC(=O)c1cc(Oc2ccc(NNC(=O)Nc3c(Cl)cccc3C(F)(F)F)cc2)ccn1. The molecule has 3 amide bonds. The molecule has 0 saturated heterocycles. The zero-order valence-corrected chi connectivity index (χ0v) is 17.7. The molecule has 3 rings (SSSR count). The van der Waals surface area contributed by atoms with E-state index in [2.05, 4.69) is 26.5 Å². The maximum absolute atomic E-state index is 13.1. The van der Waals surface area contributed by atoms with E-state index in [1.165, 1.54) is 25.4 Å². The van der Waals surface area contributed by atoms with E-state index in [4.69, 9.17) is 16.3 Å². The van der Waals surface area contributed by atoms with Crippen LogP contribution in [-0.4, -0.2) is 24.0 Å². The van der Waals surface area contributed by atoms with Crippen LogP contribution in [0.2, 0.25) is 5.02 Å². The Balaban J connectivity index is 1.59. The van der Waals surface area contributed by atoms with E-state index in [1.807, 2.05) is 0 Å². The lowest BCUT2D eigenvalue weighted by Crippen LogP contribution is -2.34. The first-order valence-electron chi connectivity index (χ1n) is 9.32. The molecule has 0 unspecified atom stereocenters. The number of para-hydroxylation sites is 1. The van der Waals surface area contributed by atoms with Gasteiger partial charge in [-0.15, -0.1) is 0 Å². The van der Waals surface area contributed by atoms with Crippen molar-refractivity contribution >= 4 is 34.9 Å². The predicted octanol–water partition coefficient (Wildman–Crippen LogP) is 5.05. The molecule has 0 atom stereocenters. The third-order valence-corrected chi connectivity index (χ3v) is 4.47. The highest BCUT2D eigenvalue weighted by atomic mass is 35.5. The Morgan fingerprint density at radius 3 is 2.42 bits per heavy atom. The molecule has 3 aromatic rings. The normalized spacial score (nSPS) is 10.8. The molecule has 0 fully saturated rings. The molecular weight excluding hydrogens is 463 g/mol. The number of nitrogens with one attached hydrogen (secondary N) is 4. The highest BCUT2D eigenvalue weighted by molar-refractivity contribution is 6.34. The number of pyridine rings is 1. The molecule has 2 aromatic carbocycles. The van der Waals surface area contributed by atoms with Crippen LogP contribution in [0.3, 0.4) is 0 Å². The minimum atomic E-state index is -4.69. The fourth-order valence-electron chi connectivity index (χ4n) is 2.63. The van der Waals surface area contributed by atoms with Crippen LogP contribution in [0.1, 0.15) is 16.1 Å². The van der Waals surface area contributed by atoms with Crippen molar-refractivity contribution in [3.05, 3.63) is 77.1 Å². The molecule has 0 radical (unpaired) electrons. The number of rotatable bonds is 6. The first-order valence-corrected chi connectivity index (χ1v) is 9.70. The van der Waals surface area contributed by atoms with Gasteiger partial charge in [-0.3, -0.25) is 20.6 Å². The third kappa shape index (κ3) is 6.26. The van der Waals surface area contributed by atoms with Crippen LogP contribution in [-0.2, 0) is 6.18 Å². The first-order chi connectivity index (χ1) is 15.7. The van der Waals surface area contributed by atoms with E-state index < -0.39 is 23.5 Å². The molecule has 0 aliphatic heterocycles. The number of alkyl halides is 3. The Hall–Kier alpha value is -3.99. The number of amides is 3. The van der Waals surface area contributed by atoms with Gasteiger partial charge in [0, 0.05) is 19.3 Å². The van der Waals surface area contributed by atoms with E-state index in [0.717, 1.165) is 12.1 Å². The minimum absolute atomic E-state index is 0.190. The molecule has 172 valence electrons. The van der Waals surface area contributed by atoms with Gasteiger partial charge in [0.25, 0.3) is 5.91 Å². The number of halogens is 4. The summed E-state index contributed by atoms with van der Waals surface area (Å²) in [5, 5.41) is 4.30. The monoisotopic (exact) mass is 479 g/mol. The number of ether oxygens (including phenoxy) is 1. The standard InChI is InChI=1S/C21H17ClF3N5O3/c1-26-19(31)17-11-14(9-10-27-17)33-13-7-5-12(6-8-13)29-30-20(32)28-18-15(21(23,24)25)3-2-4-16(18)22/h2-11,29H,1H3,(H,26,31)(H2,28,30,32). The highest BCUT2D eigenvalue weighted by Crippen LogP contribution is 2.38. The van der Waals surface area contributed by atoms with Gasteiger partial charge < -0.3 is 15.4 Å². The van der Waals surface area contributed by atoms with Gasteiger partial charge in [0.05, 0.1) is 22.0 Å². The molecule has 0 spiro atoms. The van der Waals surface area contributed by atoms with E-state index in [-0.39, 0.29) is 16.6 Å². The molecule has 1 aromatic heterocycles. The summed E-state index contributed by atoms with van der Waals surface area (Å²) < 4.78 is 45.0. The number of urea groups is 1. The lowest BCUT2D eigenvalue weighted by molar-refractivity contribution is -0.136. The van der Waals surface area contributed by atoms with Crippen molar-refractivity contribution < 1.29 is 27.5 Å². The van der Waals surface area contributed by atoms with Crippen molar-refractivity contribution in [3.63, 3.8) is 0 Å². The predicted molar refractivity (Wildman–Crippen MR) is 116 cm³/mol. The van der Waals surface area contributed by atoms with Crippen molar-refractivity contribution in [1.82, 2.24) is 15.7 Å². The van der Waals surface area contributed by atoms with Crippen molar-refractivity contribution in [2.75, 3.05) is 17.8 Å². The summed E-state index contributed by atoms with van der Waals surface area (Å²) in [4.78, 5) is 27.7. The lowest BCUT2D eigenvalue weighted by Gasteiger charge is -2.16. The molecule has 0 aliphatic carbocycles. The maximum Gasteiger partial charge on any atom is 0.418 e. The Labute approximate surface area is 191 Å². The quantitative estimate of drug-likeness (QED) is 0.370. The van der Waals surface area contributed by atoms with Gasteiger partial charge in [-0.1, -0.05) is 17.7 Å². The number of hydrogen-bond donors (Lipinski definition) is 4. The van der Waals surface area contributed by atoms with Crippen molar-refractivity contribution in [3.8, 4) is 11.5 Å². The zero-order valence-electron chi connectivity index (χ0n) is 17.0. The van der Waals surface area contributed by atoms with Gasteiger partial charge in [-0.25, -0.2) is 4.79 Å². The van der Waals surface area contributed by atoms with Crippen LogP contribution in [0.25, 0.3) is 0 Å². The second kappa shape index (κ2) is 10.1. The summed E-state index contributed by atoms with van der Waals surface area (Å²) in [5.74, 6) is 0.468. The number of aromatic nitrogens is 1. The molecular formula is C21H17ClF3N5O3. The molecule has 0 saturated carbocycles. The van der Waals surface area contributed by atoms with E-state index >= 15 is 0 Å². The largest absolute Gasteiger partial charge is 0.457 e. The Morgan fingerprint density at radius 2 is 1.76 bits per heavy atom. The molecule has 12 heteroatoms. The molecule has 33 heavy (non-hydrogen) atoms. The smallest absolute Gasteiger partial charge is 0.418 e. The molecule has 8 nitrogen and oxygen atoms in total. The van der Waals surface area contributed by atoms with Crippen LogP contribution in [0.4, 0.5) is 29.3 Å². The Morgan fingerprint density at radius 1 is 1.03 bits per heavy atom. The number of anilines is 2. The van der Waals surface area contributed by atoms with Gasteiger partial charge in [-0.2, -0.15) is 13.2 Å². The topological polar surface area (TPSA) is 104 Å². The fourth-order valence-corrected chi connectivity index (χ4v) is 2.85. The lowest BCUT2D eigenvalue weighted by atomic mass is 10.1. The minimum Gasteiger partial charge on any atom is -0.457 e. The third-order valence-electron chi connectivity index (χ3n) is 4.16. The van der Waals surface area contributed by atoms with E-state index in [1.54, 1.807) is 30.3 Å². The zero-order chi connectivity index (χ0) is 24.0. The molecule has 0 bridgehead atoms. The summed E-state index contributed by atoms with van der Waals surface area (Å²) in [6.07, 6.45) is -3.26. The van der Waals surface area contributed by atoms with E-state index in [9.17, 15) is 22.8 Å². The summed E-state index contributed by atoms with van der Waals surface area (Å²) in [6, 6.07) is 11.6. The van der Waals surface area contributed by atoms with Gasteiger partial charge in [0.15, 0.2) is 0 Å². The molecule has 1 heterocycles. The second-order valence-electron chi connectivity index (χ2n) is 6.45. The fraction of sp³-hybridized carbons (Fsp3) is 0.0952. The average Bonchev–Trinajstić information content (AvgIpc) is 2.79. The molecule has 0 aliphatic rings. The number of carbonyl (C=O) groups excluding carboxylic acids is 2. The van der Waals surface area contributed by atoms with Crippen LogP contribution < -0.4 is 26.2 Å². The summed E-state index contributed by atoms with van der Waals surface area (Å²) in [5.41, 5.74) is 3.78. The van der Waals surface area contributed by atoms with Gasteiger partial charge in [0.1, 0.15) is 17.2 Å². The number of nitrogens with zero attached hydrogens (tertiary/aromatic N) is 1. The van der Waals surface area contributed by atoms with Crippen LogP contribution >= 0.6 is 11.6 Å². The van der Waals surface area contributed by atoms with Gasteiger partial charge >= 0.3 is 12.2 Å². The van der Waals surface area contributed by atoms with Crippen molar-refractivity contribution in [2.45, 2.75) is 6.18 Å². The highest BCUT2D eigenvalue weighted by Gasteiger charge is 2.34. The molecule has 4 N–H and O–H groups in total. The number of hydrazine groups is 1. The van der Waals surface area contributed by atoms with Crippen molar-refractivity contribution in [1.29, 1.82) is 0 Å². The van der Waals surface area contributed by atoms with Gasteiger partial charge in [0.2, 0.25) is 0 Å². The van der Waals surface area contributed by atoms with Crippen LogP contribution in [0.15, 0.2) is 60.8 Å². The second-order valence-corrected chi connectivity index (χ2v) is 6.85. The maximum atomic E-state index is 13.1.